The lowest BCUT2D eigenvalue weighted by Gasteiger charge is -1.93. The third-order valence-corrected chi connectivity index (χ3v) is 1.05. The van der Waals surface area contributed by atoms with E-state index in [0.717, 1.165) is 11.0 Å². The van der Waals surface area contributed by atoms with Crippen LogP contribution in [0.25, 0.3) is 0 Å². The summed E-state index contributed by atoms with van der Waals surface area (Å²) in [5.41, 5.74) is 0.505. The summed E-state index contributed by atoms with van der Waals surface area (Å²) < 4.78 is 0.771. The molecule has 1 aliphatic rings. The fourth-order valence-electron chi connectivity index (χ4n) is 0.598. The lowest BCUT2D eigenvalue weighted by molar-refractivity contribution is -0.450. The Hall–Kier alpha value is -0.900. The van der Waals surface area contributed by atoms with Crippen LogP contribution >= 0.6 is 0 Å². The summed E-state index contributed by atoms with van der Waals surface area (Å²) in [6.07, 6.45) is 1.08. The van der Waals surface area contributed by atoms with Gasteiger partial charge in [0.25, 0.3) is 0 Å². The first-order chi connectivity index (χ1) is 3.84. The zero-order valence-electron chi connectivity index (χ0n) is 4.35. The van der Waals surface area contributed by atoms with E-state index in [0.29, 0.717) is 18.9 Å². The molecule has 0 aliphatic carbocycles. The van der Waals surface area contributed by atoms with E-state index in [1.54, 1.807) is 0 Å². The van der Waals surface area contributed by atoms with Crippen LogP contribution < -0.4 is 5.32 Å². The van der Waals surface area contributed by atoms with Crippen molar-refractivity contribution in [2.45, 2.75) is 0 Å². The van der Waals surface area contributed by atoms with Gasteiger partial charge in [-0.05, 0) is 0 Å². The maximum absolute atomic E-state index is 10.5. The largest absolute Gasteiger partial charge is 0.623 e. The minimum absolute atomic E-state index is 0.324. The maximum Gasteiger partial charge on any atom is 0.220 e. The SMILES string of the molecule is N=CC1=[N+]([O-])CNC1. The average Bonchev–Trinajstić information content (AvgIpc) is 2.14. The van der Waals surface area contributed by atoms with Crippen LogP contribution in [0, 0.1) is 10.6 Å². The van der Waals surface area contributed by atoms with Gasteiger partial charge in [-0.3, -0.25) is 5.32 Å². The Morgan fingerprint density at radius 3 is 2.88 bits per heavy atom. The van der Waals surface area contributed by atoms with Crippen molar-refractivity contribution >= 4 is 11.9 Å². The standard InChI is InChI=1S/C4H7N3O/c5-1-4-2-6-3-7(4)8/h1,5-6H,2-3H2. The smallest absolute Gasteiger partial charge is 0.220 e. The molecule has 0 fully saturated rings. The van der Waals surface area contributed by atoms with Gasteiger partial charge in [0.05, 0.1) is 12.8 Å². The molecule has 0 saturated carbocycles. The van der Waals surface area contributed by atoms with Crippen molar-refractivity contribution in [3.05, 3.63) is 5.21 Å². The van der Waals surface area contributed by atoms with Gasteiger partial charge in [0.2, 0.25) is 12.4 Å². The first-order valence-electron chi connectivity index (χ1n) is 2.36. The topological polar surface area (TPSA) is 62.0 Å². The summed E-state index contributed by atoms with van der Waals surface area (Å²) in [6, 6.07) is 0. The first-order valence-corrected chi connectivity index (χ1v) is 2.36. The van der Waals surface area contributed by atoms with Crippen molar-refractivity contribution in [1.29, 1.82) is 5.41 Å². The molecule has 0 spiro atoms. The quantitative estimate of drug-likeness (QED) is 0.264. The normalized spacial score (nSPS) is 19.5. The van der Waals surface area contributed by atoms with Crippen LogP contribution in [0.5, 0.6) is 0 Å². The van der Waals surface area contributed by atoms with Gasteiger partial charge in [-0.2, -0.15) is 4.74 Å². The van der Waals surface area contributed by atoms with Gasteiger partial charge < -0.3 is 10.6 Å². The molecule has 1 heterocycles. The predicted octanol–water partition coefficient (Wildman–Crippen LogP) is -0.852. The lowest BCUT2D eigenvalue weighted by atomic mass is 10.4. The predicted molar refractivity (Wildman–Crippen MR) is 30.3 cm³/mol. The fourth-order valence-corrected chi connectivity index (χ4v) is 0.598. The molecule has 0 bridgehead atoms. The Labute approximate surface area is 46.9 Å². The minimum atomic E-state index is 0.324. The summed E-state index contributed by atoms with van der Waals surface area (Å²) in [6.45, 7) is 0.859. The first kappa shape index (κ1) is 5.24. The highest BCUT2D eigenvalue weighted by molar-refractivity contribution is 6.28. The van der Waals surface area contributed by atoms with Gasteiger partial charge in [-0.25, -0.2) is 0 Å². The molecule has 4 heteroatoms. The summed E-state index contributed by atoms with van der Waals surface area (Å²) in [4.78, 5) is 0. The molecule has 1 aliphatic heterocycles. The van der Waals surface area contributed by atoms with Gasteiger partial charge in [0.1, 0.15) is 0 Å². The molecule has 0 aromatic rings. The Morgan fingerprint density at radius 1 is 1.88 bits per heavy atom. The van der Waals surface area contributed by atoms with Gasteiger partial charge in [0, 0.05) is 0 Å². The summed E-state index contributed by atoms with van der Waals surface area (Å²) in [7, 11) is 0. The van der Waals surface area contributed by atoms with Crippen LogP contribution in [-0.4, -0.2) is 29.9 Å². The second-order valence-electron chi connectivity index (χ2n) is 1.60. The number of rotatable bonds is 1. The van der Waals surface area contributed by atoms with Crippen LogP contribution in [0.3, 0.4) is 0 Å². The minimum Gasteiger partial charge on any atom is -0.623 e. The molecule has 2 N–H and O–H groups in total. The van der Waals surface area contributed by atoms with E-state index < -0.39 is 0 Å². The molecule has 44 valence electrons. The van der Waals surface area contributed by atoms with E-state index in [9.17, 15) is 5.21 Å². The van der Waals surface area contributed by atoms with Crippen molar-refractivity contribution in [2.24, 2.45) is 0 Å². The number of hydrogen-bond donors (Lipinski definition) is 2. The highest BCUT2D eigenvalue weighted by atomic mass is 16.5. The third-order valence-electron chi connectivity index (χ3n) is 1.05. The van der Waals surface area contributed by atoms with E-state index in [1.165, 1.54) is 0 Å². The van der Waals surface area contributed by atoms with Crippen LogP contribution in [-0.2, 0) is 0 Å². The number of hydroxylamine groups is 1. The molecule has 0 atom stereocenters. The molecule has 8 heavy (non-hydrogen) atoms. The molecule has 0 aromatic carbocycles. The van der Waals surface area contributed by atoms with Crippen molar-refractivity contribution in [3.63, 3.8) is 0 Å². The van der Waals surface area contributed by atoms with Crippen molar-refractivity contribution in [3.8, 4) is 0 Å². The molecule has 0 saturated heterocycles. The Bertz CT molecular complexity index is 140. The van der Waals surface area contributed by atoms with Gasteiger partial charge in [0.15, 0.2) is 0 Å². The molecule has 0 aromatic heterocycles. The molecule has 0 unspecified atom stereocenters. The van der Waals surface area contributed by atoms with Crippen LogP contribution in [0.1, 0.15) is 0 Å². The van der Waals surface area contributed by atoms with Crippen LogP contribution in [0.15, 0.2) is 0 Å². The molecule has 1 rings (SSSR count). The highest BCUT2D eigenvalue weighted by Gasteiger charge is 2.12. The van der Waals surface area contributed by atoms with Gasteiger partial charge >= 0.3 is 0 Å². The van der Waals surface area contributed by atoms with Crippen LogP contribution in [0.2, 0.25) is 0 Å². The second-order valence-corrected chi connectivity index (χ2v) is 1.60. The van der Waals surface area contributed by atoms with Crippen LogP contribution in [0.4, 0.5) is 0 Å². The summed E-state index contributed by atoms with van der Waals surface area (Å²) in [5.74, 6) is 0. The van der Waals surface area contributed by atoms with E-state index in [-0.39, 0.29) is 0 Å². The average molecular weight is 113 g/mol. The van der Waals surface area contributed by atoms with E-state index in [4.69, 9.17) is 5.41 Å². The van der Waals surface area contributed by atoms with E-state index >= 15 is 0 Å². The molecular weight excluding hydrogens is 106 g/mol. The Morgan fingerprint density at radius 2 is 2.62 bits per heavy atom. The number of nitrogens with one attached hydrogen (secondary N) is 2. The highest BCUT2D eigenvalue weighted by Crippen LogP contribution is 1.80. The lowest BCUT2D eigenvalue weighted by Crippen LogP contribution is -2.13. The maximum atomic E-state index is 10.5. The van der Waals surface area contributed by atoms with Crippen molar-refractivity contribution < 1.29 is 4.74 Å². The van der Waals surface area contributed by atoms with Crippen molar-refractivity contribution in [2.75, 3.05) is 13.2 Å². The summed E-state index contributed by atoms with van der Waals surface area (Å²) in [5, 5.41) is 20.0. The Kier molecular flexibility index (Phi) is 1.26. The zero-order valence-corrected chi connectivity index (χ0v) is 4.35. The molecule has 4 nitrogen and oxygen atoms in total. The summed E-state index contributed by atoms with van der Waals surface area (Å²) >= 11 is 0. The molecule has 0 radical (unpaired) electrons. The van der Waals surface area contributed by atoms with Gasteiger partial charge in [-0.1, -0.05) is 0 Å². The monoisotopic (exact) mass is 113 g/mol. The Balaban J connectivity index is 2.72. The zero-order chi connectivity index (χ0) is 5.98. The second kappa shape index (κ2) is 1.92. The van der Waals surface area contributed by atoms with Gasteiger partial charge in [-0.15, -0.1) is 0 Å². The third kappa shape index (κ3) is 0.696. The number of hydrogen-bond acceptors (Lipinski definition) is 3. The van der Waals surface area contributed by atoms with E-state index in [1.807, 2.05) is 0 Å². The fraction of sp³-hybridized carbons (Fsp3) is 0.500. The van der Waals surface area contributed by atoms with E-state index in [2.05, 4.69) is 5.32 Å². The number of nitrogens with zero attached hydrogens (tertiary/aromatic N) is 1. The van der Waals surface area contributed by atoms with Crippen molar-refractivity contribution in [1.82, 2.24) is 5.32 Å². The molecule has 0 amide bonds. The molecular formula is C4H7N3O.